The smallest absolute Gasteiger partial charge is 0.226 e. The van der Waals surface area contributed by atoms with Gasteiger partial charge in [0.15, 0.2) is 9.84 Å². The van der Waals surface area contributed by atoms with Gasteiger partial charge in [-0.3, -0.25) is 4.79 Å². The summed E-state index contributed by atoms with van der Waals surface area (Å²) >= 11 is 6.17. The van der Waals surface area contributed by atoms with Crippen molar-refractivity contribution in [1.82, 2.24) is 4.90 Å². The van der Waals surface area contributed by atoms with Crippen LogP contribution in [0.2, 0.25) is 5.02 Å². The maximum absolute atomic E-state index is 12.5. The molecule has 1 aliphatic heterocycles. The van der Waals surface area contributed by atoms with Crippen LogP contribution in [-0.2, 0) is 14.6 Å². The van der Waals surface area contributed by atoms with E-state index in [0.29, 0.717) is 11.4 Å². The Labute approximate surface area is 130 Å². The first-order valence-corrected chi connectivity index (χ1v) is 9.30. The molecule has 2 aliphatic rings. The zero-order chi connectivity index (χ0) is 15.2. The van der Waals surface area contributed by atoms with Gasteiger partial charge in [0.05, 0.1) is 11.5 Å². The molecule has 0 N–H and O–H groups in total. The zero-order valence-corrected chi connectivity index (χ0v) is 13.4. The van der Waals surface area contributed by atoms with E-state index in [2.05, 4.69) is 0 Å². The summed E-state index contributed by atoms with van der Waals surface area (Å²) in [5, 5.41) is 0.698. The van der Waals surface area contributed by atoms with Crippen LogP contribution in [0.25, 0.3) is 0 Å². The Hall–Kier alpha value is -1.07. The maximum atomic E-state index is 12.5. The summed E-state index contributed by atoms with van der Waals surface area (Å²) in [7, 11) is -1.25. The maximum Gasteiger partial charge on any atom is 0.226 e. The quantitative estimate of drug-likeness (QED) is 0.854. The van der Waals surface area contributed by atoms with Crippen LogP contribution in [-0.4, -0.2) is 43.8 Å². The van der Waals surface area contributed by atoms with Gasteiger partial charge in [0.1, 0.15) is 0 Å². The van der Waals surface area contributed by atoms with Crippen molar-refractivity contribution < 1.29 is 13.2 Å². The largest absolute Gasteiger partial charge is 0.341 e. The summed E-state index contributed by atoms with van der Waals surface area (Å²) in [6, 6.07) is 7.43. The van der Waals surface area contributed by atoms with Crippen LogP contribution in [0, 0.1) is 5.92 Å². The predicted molar refractivity (Wildman–Crippen MR) is 82.1 cm³/mol. The van der Waals surface area contributed by atoms with Gasteiger partial charge in [-0.25, -0.2) is 8.42 Å². The van der Waals surface area contributed by atoms with Crippen LogP contribution in [0.15, 0.2) is 24.3 Å². The molecule has 0 spiro atoms. The molecule has 3 unspecified atom stereocenters. The second-order valence-electron chi connectivity index (χ2n) is 5.98. The molecule has 1 saturated carbocycles. The average Bonchev–Trinajstić information content (AvgIpc) is 3.15. The summed E-state index contributed by atoms with van der Waals surface area (Å²) < 4.78 is 23.1. The SMILES string of the molecule is CN(C(=O)C1CC1c1ccccc1Cl)C1CCS(=O)(=O)C1. The zero-order valence-electron chi connectivity index (χ0n) is 11.8. The molecule has 0 aromatic heterocycles. The number of halogens is 1. The van der Waals surface area contributed by atoms with Gasteiger partial charge in [-0.05, 0) is 30.4 Å². The molecule has 1 aromatic carbocycles. The molecule has 6 heteroatoms. The lowest BCUT2D eigenvalue weighted by molar-refractivity contribution is -0.133. The molecule has 1 amide bonds. The lowest BCUT2D eigenvalue weighted by atomic mass is 10.1. The van der Waals surface area contributed by atoms with Gasteiger partial charge in [0.2, 0.25) is 5.91 Å². The molecule has 1 heterocycles. The fraction of sp³-hybridized carbons (Fsp3) is 0.533. The van der Waals surface area contributed by atoms with E-state index in [-0.39, 0.29) is 35.3 Å². The van der Waals surface area contributed by atoms with E-state index in [4.69, 9.17) is 11.6 Å². The van der Waals surface area contributed by atoms with Gasteiger partial charge in [-0.1, -0.05) is 29.8 Å². The molecule has 1 aromatic rings. The second-order valence-corrected chi connectivity index (χ2v) is 8.61. The van der Waals surface area contributed by atoms with E-state index >= 15 is 0 Å². The van der Waals surface area contributed by atoms with Crippen LogP contribution >= 0.6 is 11.6 Å². The van der Waals surface area contributed by atoms with E-state index in [1.54, 1.807) is 11.9 Å². The Kier molecular flexibility index (Phi) is 3.74. The number of benzene rings is 1. The lowest BCUT2D eigenvalue weighted by Gasteiger charge is -2.23. The minimum absolute atomic E-state index is 0.0435. The molecule has 3 rings (SSSR count). The lowest BCUT2D eigenvalue weighted by Crippen LogP contribution is -2.39. The fourth-order valence-corrected chi connectivity index (χ4v) is 5.16. The first-order valence-electron chi connectivity index (χ1n) is 7.10. The van der Waals surface area contributed by atoms with Crippen LogP contribution in [0.1, 0.15) is 24.3 Å². The number of amides is 1. The van der Waals surface area contributed by atoms with Crippen LogP contribution in [0.5, 0.6) is 0 Å². The number of nitrogens with zero attached hydrogens (tertiary/aromatic N) is 1. The molecule has 2 fully saturated rings. The summed E-state index contributed by atoms with van der Waals surface area (Å²) in [6.45, 7) is 0. The number of hydrogen-bond acceptors (Lipinski definition) is 3. The highest BCUT2D eigenvalue weighted by Crippen LogP contribution is 2.50. The first kappa shape index (κ1) is 14.9. The van der Waals surface area contributed by atoms with Crippen LogP contribution < -0.4 is 0 Å². The van der Waals surface area contributed by atoms with Crippen molar-refractivity contribution in [1.29, 1.82) is 0 Å². The van der Waals surface area contributed by atoms with Crippen molar-refractivity contribution in [2.45, 2.75) is 24.8 Å². The van der Waals surface area contributed by atoms with E-state index in [1.165, 1.54) is 0 Å². The van der Waals surface area contributed by atoms with Crippen molar-refractivity contribution in [3.05, 3.63) is 34.9 Å². The van der Waals surface area contributed by atoms with Crippen molar-refractivity contribution >= 4 is 27.3 Å². The van der Waals surface area contributed by atoms with Crippen LogP contribution in [0.3, 0.4) is 0 Å². The standard InChI is InChI=1S/C15H18ClNO3S/c1-17(10-6-7-21(19,20)9-10)15(18)13-8-12(13)11-4-2-3-5-14(11)16/h2-5,10,12-13H,6-9H2,1H3. The predicted octanol–water partition coefficient (Wildman–Crippen LogP) is 2.09. The van der Waals surface area contributed by atoms with E-state index in [0.717, 1.165) is 12.0 Å². The van der Waals surface area contributed by atoms with Gasteiger partial charge in [0, 0.05) is 24.0 Å². The van der Waals surface area contributed by atoms with Gasteiger partial charge < -0.3 is 4.90 Å². The van der Waals surface area contributed by atoms with E-state index in [1.807, 2.05) is 24.3 Å². The number of carbonyl (C=O) groups excluding carboxylic acids is 1. The number of hydrogen-bond donors (Lipinski definition) is 0. The average molecular weight is 328 g/mol. The highest BCUT2D eigenvalue weighted by molar-refractivity contribution is 7.91. The van der Waals surface area contributed by atoms with Crippen molar-refractivity contribution in [2.75, 3.05) is 18.6 Å². The Morgan fingerprint density at radius 1 is 1.33 bits per heavy atom. The van der Waals surface area contributed by atoms with Crippen molar-refractivity contribution in [2.24, 2.45) is 5.92 Å². The molecular weight excluding hydrogens is 310 g/mol. The Bertz CT molecular complexity index is 673. The fourth-order valence-electron chi connectivity index (χ4n) is 3.11. The molecule has 1 aliphatic carbocycles. The van der Waals surface area contributed by atoms with Crippen molar-refractivity contribution in [3.63, 3.8) is 0 Å². The second kappa shape index (κ2) is 5.29. The molecule has 1 saturated heterocycles. The van der Waals surface area contributed by atoms with E-state index in [9.17, 15) is 13.2 Å². The molecule has 0 radical (unpaired) electrons. The van der Waals surface area contributed by atoms with Crippen molar-refractivity contribution in [3.8, 4) is 0 Å². The topological polar surface area (TPSA) is 54.5 Å². The molecule has 0 bridgehead atoms. The Morgan fingerprint density at radius 2 is 2.05 bits per heavy atom. The van der Waals surface area contributed by atoms with Gasteiger partial charge in [0.25, 0.3) is 0 Å². The highest BCUT2D eigenvalue weighted by atomic mass is 35.5. The number of rotatable bonds is 3. The summed E-state index contributed by atoms with van der Waals surface area (Å²) in [6.07, 6.45) is 1.35. The monoisotopic (exact) mass is 327 g/mol. The summed E-state index contributed by atoms with van der Waals surface area (Å²) in [5.41, 5.74) is 1.02. The summed E-state index contributed by atoms with van der Waals surface area (Å²) in [4.78, 5) is 14.1. The number of sulfone groups is 1. The molecular formula is C15H18ClNO3S. The summed E-state index contributed by atoms with van der Waals surface area (Å²) in [5.74, 6) is 0.443. The third kappa shape index (κ3) is 2.94. The number of carbonyl (C=O) groups is 1. The third-order valence-corrected chi connectivity index (χ3v) is 6.61. The van der Waals surface area contributed by atoms with Crippen LogP contribution in [0.4, 0.5) is 0 Å². The molecule has 114 valence electrons. The minimum atomic E-state index is -2.97. The minimum Gasteiger partial charge on any atom is -0.341 e. The van der Waals surface area contributed by atoms with Gasteiger partial charge in [-0.2, -0.15) is 0 Å². The molecule has 21 heavy (non-hydrogen) atoms. The Morgan fingerprint density at radius 3 is 2.67 bits per heavy atom. The Balaban J connectivity index is 1.67. The normalized spacial score (nSPS) is 30.1. The van der Waals surface area contributed by atoms with E-state index < -0.39 is 9.84 Å². The molecule has 4 nitrogen and oxygen atoms in total. The third-order valence-electron chi connectivity index (χ3n) is 4.52. The van der Waals surface area contributed by atoms with Gasteiger partial charge in [-0.15, -0.1) is 0 Å². The molecule has 3 atom stereocenters. The van der Waals surface area contributed by atoms with Gasteiger partial charge >= 0.3 is 0 Å². The first-order chi connectivity index (χ1) is 9.89. The highest BCUT2D eigenvalue weighted by Gasteiger charge is 2.47.